The highest BCUT2D eigenvalue weighted by Crippen LogP contribution is 2.34. The average Bonchev–Trinajstić information content (AvgIpc) is 2.25. The third kappa shape index (κ3) is 3.61. The summed E-state index contributed by atoms with van der Waals surface area (Å²) in [6.07, 6.45) is -4.39. The summed E-state index contributed by atoms with van der Waals surface area (Å²) in [5, 5.41) is 2.80. The van der Waals surface area contributed by atoms with E-state index in [1.807, 2.05) is 0 Å². The summed E-state index contributed by atoms with van der Waals surface area (Å²) < 4.78 is 37.6. The molecule has 1 N–H and O–H groups in total. The Bertz CT molecular complexity index is 388. The standard InChI is InChI=1S/C10H8Cl2F3N/c11-5-7(12)6-16-9-4-2-1-3-8(9)10(13,14)15/h1-5,16H,6H2. The van der Waals surface area contributed by atoms with Gasteiger partial charge < -0.3 is 5.32 Å². The van der Waals surface area contributed by atoms with Crippen LogP contribution in [-0.2, 0) is 6.18 Å². The first kappa shape index (κ1) is 13.2. The summed E-state index contributed by atoms with van der Waals surface area (Å²) in [5.74, 6) is 0. The van der Waals surface area contributed by atoms with Gasteiger partial charge in [-0.25, -0.2) is 0 Å². The first-order valence-corrected chi connectivity index (χ1v) is 5.11. The van der Waals surface area contributed by atoms with Crippen molar-refractivity contribution < 1.29 is 13.2 Å². The van der Waals surface area contributed by atoms with E-state index in [1.54, 1.807) is 0 Å². The number of rotatable bonds is 3. The van der Waals surface area contributed by atoms with Gasteiger partial charge in [-0.15, -0.1) is 0 Å². The first-order valence-electron chi connectivity index (χ1n) is 4.30. The van der Waals surface area contributed by atoms with E-state index in [-0.39, 0.29) is 17.3 Å². The summed E-state index contributed by atoms with van der Waals surface area (Å²) in [5.41, 5.74) is 0.353. The number of para-hydroxylation sites is 1. The zero-order chi connectivity index (χ0) is 12.2. The van der Waals surface area contributed by atoms with Crippen molar-refractivity contribution in [3.05, 3.63) is 40.4 Å². The van der Waals surface area contributed by atoms with Gasteiger partial charge in [-0.2, -0.15) is 13.2 Å². The van der Waals surface area contributed by atoms with Crippen molar-refractivity contribution in [3.8, 4) is 0 Å². The van der Waals surface area contributed by atoms with Gasteiger partial charge in [0.15, 0.2) is 0 Å². The minimum absolute atomic E-state index is 0.0216. The topological polar surface area (TPSA) is 12.0 Å². The molecule has 16 heavy (non-hydrogen) atoms. The summed E-state index contributed by atoms with van der Waals surface area (Å²) in [4.78, 5) is 0. The van der Waals surface area contributed by atoms with Gasteiger partial charge in [0.2, 0.25) is 0 Å². The number of benzene rings is 1. The van der Waals surface area contributed by atoms with E-state index < -0.39 is 11.7 Å². The van der Waals surface area contributed by atoms with Crippen molar-refractivity contribution in [1.82, 2.24) is 0 Å². The summed E-state index contributed by atoms with van der Waals surface area (Å²) in [6.45, 7) is 0.0537. The van der Waals surface area contributed by atoms with Gasteiger partial charge in [0.25, 0.3) is 0 Å². The maximum Gasteiger partial charge on any atom is 0.418 e. The number of halogens is 5. The van der Waals surface area contributed by atoms with Gasteiger partial charge >= 0.3 is 6.18 Å². The average molecular weight is 270 g/mol. The van der Waals surface area contributed by atoms with E-state index >= 15 is 0 Å². The maximum atomic E-state index is 12.5. The van der Waals surface area contributed by atoms with E-state index in [9.17, 15) is 13.2 Å². The highest BCUT2D eigenvalue weighted by atomic mass is 35.5. The lowest BCUT2D eigenvalue weighted by molar-refractivity contribution is -0.136. The molecule has 0 atom stereocenters. The molecule has 0 unspecified atom stereocenters. The summed E-state index contributed by atoms with van der Waals surface area (Å²) in [6, 6.07) is 5.17. The third-order valence-corrected chi connectivity index (χ3v) is 2.42. The van der Waals surface area contributed by atoms with Crippen molar-refractivity contribution in [2.24, 2.45) is 0 Å². The lowest BCUT2D eigenvalue weighted by Gasteiger charge is -2.13. The molecule has 1 aromatic rings. The molecular weight excluding hydrogens is 262 g/mol. The molecule has 0 amide bonds. The fourth-order valence-electron chi connectivity index (χ4n) is 1.10. The van der Waals surface area contributed by atoms with Crippen LogP contribution >= 0.6 is 23.2 Å². The molecule has 0 fully saturated rings. The molecule has 0 aliphatic heterocycles. The lowest BCUT2D eigenvalue weighted by Crippen LogP contribution is -2.11. The molecule has 0 heterocycles. The molecule has 1 nitrogen and oxygen atoms in total. The summed E-state index contributed by atoms with van der Waals surface area (Å²) in [7, 11) is 0. The SMILES string of the molecule is FC(F)(F)c1ccccc1NCC(Cl)=CCl. The Kier molecular flexibility index (Phi) is 4.50. The highest BCUT2D eigenvalue weighted by molar-refractivity contribution is 6.36. The Morgan fingerprint density at radius 3 is 2.50 bits per heavy atom. The zero-order valence-corrected chi connectivity index (χ0v) is 9.50. The largest absolute Gasteiger partial charge is 0.418 e. The van der Waals surface area contributed by atoms with E-state index in [0.717, 1.165) is 11.6 Å². The van der Waals surface area contributed by atoms with Crippen LogP contribution in [0.1, 0.15) is 5.56 Å². The van der Waals surface area contributed by atoms with Gasteiger partial charge in [-0.1, -0.05) is 35.3 Å². The second kappa shape index (κ2) is 5.46. The Hall–Kier alpha value is -0.870. The van der Waals surface area contributed by atoms with Gasteiger partial charge in [0, 0.05) is 16.3 Å². The zero-order valence-electron chi connectivity index (χ0n) is 7.98. The van der Waals surface area contributed by atoms with Gasteiger partial charge in [0.05, 0.1) is 12.1 Å². The van der Waals surface area contributed by atoms with Crippen molar-refractivity contribution in [3.63, 3.8) is 0 Å². The molecule has 6 heteroatoms. The molecule has 0 aliphatic rings. The van der Waals surface area contributed by atoms with Gasteiger partial charge in [-0.3, -0.25) is 0 Å². The van der Waals surface area contributed by atoms with Crippen LogP contribution in [0.25, 0.3) is 0 Å². The molecule has 0 bridgehead atoms. The van der Waals surface area contributed by atoms with Crippen LogP contribution in [0.15, 0.2) is 34.8 Å². The second-order valence-corrected chi connectivity index (χ2v) is 3.66. The summed E-state index contributed by atoms with van der Waals surface area (Å²) >= 11 is 10.9. The Balaban J connectivity index is 2.88. The maximum absolute atomic E-state index is 12.5. The molecule has 0 saturated heterocycles. The second-order valence-electron chi connectivity index (χ2n) is 2.95. The van der Waals surface area contributed by atoms with Crippen LogP contribution in [0.3, 0.4) is 0 Å². The van der Waals surface area contributed by atoms with Gasteiger partial charge in [0.1, 0.15) is 0 Å². The van der Waals surface area contributed by atoms with Crippen LogP contribution in [0.5, 0.6) is 0 Å². The lowest BCUT2D eigenvalue weighted by atomic mass is 10.1. The number of nitrogens with one attached hydrogen (secondary N) is 1. The molecule has 88 valence electrons. The van der Waals surface area contributed by atoms with Crippen molar-refractivity contribution in [2.75, 3.05) is 11.9 Å². The Morgan fingerprint density at radius 1 is 1.31 bits per heavy atom. The minimum atomic E-state index is -4.39. The van der Waals surface area contributed by atoms with E-state index in [1.165, 1.54) is 18.2 Å². The van der Waals surface area contributed by atoms with Crippen molar-refractivity contribution in [1.29, 1.82) is 0 Å². The fraction of sp³-hybridized carbons (Fsp3) is 0.200. The predicted octanol–water partition coefficient (Wildman–Crippen LogP) is 4.44. The highest BCUT2D eigenvalue weighted by Gasteiger charge is 2.32. The number of hydrogen-bond donors (Lipinski definition) is 1. The minimum Gasteiger partial charge on any atom is -0.380 e. The normalized spacial score (nSPS) is 12.7. The van der Waals surface area contributed by atoms with E-state index in [0.29, 0.717) is 0 Å². The van der Waals surface area contributed by atoms with Crippen LogP contribution in [0, 0.1) is 0 Å². The molecule has 1 aromatic carbocycles. The monoisotopic (exact) mass is 269 g/mol. The quantitative estimate of drug-likeness (QED) is 0.856. The first-order chi connectivity index (χ1) is 7.45. The van der Waals surface area contributed by atoms with Crippen LogP contribution in [0.4, 0.5) is 18.9 Å². The number of alkyl halides is 3. The van der Waals surface area contributed by atoms with Crippen LogP contribution in [0.2, 0.25) is 0 Å². The fourth-order valence-corrected chi connectivity index (χ4v) is 1.25. The van der Waals surface area contributed by atoms with E-state index in [2.05, 4.69) is 5.32 Å². The number of hydrogen-bond acceptors (Lipinski definition) is 1. The Labute approximate surface area is 101 Å². The molecule has 0 aliphatic carbocycles. The smallest absolute Gasteiger partial charge is 0.380 e. The molecule has 0 saturated carbocycles. The Morgan fingerprint density at radius 2 is 1.94 bits per heavy atom. The van der Waals surface area contributed by atoms with E-state index in [4.69, 9.17) is 23.2 Å². The molecule has 0 spiro atoms. The third-order valence-electron chi connectivity index (χ3n) is 1.80. The molecule has 0 aromatic heterocycles. The predicted molar refractivity (Wildman–Crippen MR) is 59.7 cm³/mol. The van der Waals surface area contributed by atoms with Crippen LogP contribution < -0.4 is 5.32 Å². The van der Waals surface area contributed by atoms with Crippen molar-refractivity contribution >= 4 is 28.9 Å². The molecular formula is C10H8Cl2F3N. The molecule has 0 radical (unpaired) electrons. The van der Waals surface area contributed by atoms with Crippen LogP contribution in [-0.4, -0.2) is 6.54 Å². The van der Waals surface area contributed by atoms with Crippen molar-refractivity contribution in [2.45, 2.75) is 6.18 Å². The van der Waals surface area contributed by atoms with Gasteiger partial charge in [-0.05, 0) is 12.1 Å². The molecule has 1 rings (SSSR count). The number of anilines is 1.